The van der Waals surface area contributed by atoms with Crippen molar-refractivity contribution in [3.05, 3.63) is 23.9 Å². The first kappa shape index (κ1) is 21.3. The van der Waals surface area contributed by atoms with Crippen LogP contribution in [0, 0.1) is 5.92 Å². The van der Waals surface area contributed by atoms with E-state index in [2.05, 4.69) is 59.2 Å². The first-order chi connectivity index (χ1) is 9.57. The summed E-state index contributed by atoms with van der Waals surface area (Å²) in [6.45, 7) is 23.4. The molecule has 0 aliphatic rings. The molecule has 0 bridgehead atoms. The maximum Gasteiger partial charge on any atom is 0.269 e. The zero-order valence-electron chi connectivity index (χ0n) is 16.5. The summed E-state index contributed by atoms with van der Waals surface area (Å²) < 4.78 is 18.3. The zero-order valence-corrected chi connectivity index (χ0v) is 18.5. The van der Waals surface area contributed by atoms with Gasteiger partial charge in [-0.05, 0) is 72.0 Å². The van der Waals surface area contributed by atoms with Crippen LogP contribution in [-0.4, -0.2) is 22.2 Å². The van der Waals surface area contributed by atoms with Gasteiger partial charge in [-0.3, -0.25) is 0 Å². The third-order valence-corrected chi connectivity index (χ3v) is 3.66. The van der Waals surface area contributed by atoms with E-state index < -0.39 is 16.6 Å². The summed E-state index contributed by atoms with van der Waals surface area (Å²) in [4.78, 5) is 0. The number of ether oxygens (including phenoxy) is 1. The maximum absolute atomic E-state index is 6.19. The van der Waals surface area contributed by atoms with Crippen LogP contribution in [0.5, 0.6) is 0 Å². The number of hydrogen-bond donors (Lipinski definition) is 0. The Morgan fingerprint density at radius 2 is 1.32 bits per heavy atom. The van der Waals surface area contributed by atoms with Crippen molar-refractivity contribution >= 4 is 16.6 Å². The predicted octanol–water partition coefficient (Wildman–Crippen LogP) is 5.89. The van der Waals surface area contributed by atoms with Gasteiger partial charge in [-0.15, -0.1) is 0 Å². The van der Waals surface area contributed by atoms with Gasteiger partial charge in [0.15, 0.2) is 0 Å². The van der Waals surface area contributed by atoms with Crippen molar-refractivity contribution in [2.75, 3.05) is 0 Å². The van der Waals surface area contributed by atoms with E-state index in [0.717, 1.165) is 5.76 Å². The van der Waals surface area contributed by atoms with Crippen molar-refractivity contribution in [3.8, 4) is 0 Å². The van der Waals surface area contributed by atoms with Gasteiger partial charge in [0.1, 0.15) is 11.4 Å². The molecule has 0 N–H and O–H groups in total. The Morgan fingerprint density at radius 3 is 1.64 bits per heavy atom. The van der Waals surface area contributed by atoms with Crippen LogP contribution in [0.4, 0.5) is 0 Å². The van der Waals surface area contributed by atoms with Gasteiger partial charge in [-0.25, -0.2) is 0 Å². The van der Waals surface area contributed by atoms with E-state index in [1.54, 1.807) is 0 Å². The highest BCUT2D eigenvalue weighted by Crippen LogP contribution is 2.23. The first-order valence-electron chi connectivity index (χ1n) is 8.08. The van der Waals surface area contributed by atoms with E-state index in [9.17, 15) is 0 Å². The molecule has 3 nitrogen and oxygen atoms in total. The molecule has 0 heterocycles. The second kappa shape index (κ2) is 7.73. The maximum atomic E-state index is 6.19. The molecular formula is C17H36O3Si2. The van der Waals surface area contributed by atoms with Crippen molar-refractivity contribution in [1.29, 1.82) is 0 Å². The van der Waals surface area contributed by atoms with Crippen molar-refractivity contribution in [2.24, 2.45) is 5.92 Å². The van der Waals surface area contributed by atoms with Crippen LogP contribution in [0.15, 0.2) is 23.9 Å². The molecule has 0 aromatic rings. The van der Waals surface area contributed by atoms with Crippen molar-refractivity contribution < 1.29 is 13.6 Å². The van der Waals surface area contributed by atoms with Crippen LogP contribution in [0.25, 0.3) is 0 Å². The van der Waals surface area contributed by atoms with Gasteiger partial charge in [0, 0.05) is 0 Å². The lowest BCUT2D eigenvalue weighted by molar-refractivity contribution is -0.00879. The van der Waals surface area contributed by atoms with Gasteiger partial charge in [-0.2, -0.15) is 0 Å². The minimum Gasteiger partial charge on any atom is -0.544 e. The molecule has 0 saturated carbocycles. The third kappa shape index (κ3) is 13.0. The number of hydrogen-bond acceptors (Lipinski definition) is 3. The molecule has 0 radical (unpaired) electrons. The van der Waals surface area contributed by atoms with Gasteiger partial charge < -0.3 is 13.6 Å². The largest absolute Gasteiger partial charge is 0.544 e. The van der Waals surface area contributed by atoms with Gasteiger partial charge in [0.2, 0.25) is 16.6 Å². The van der Waals surface area contributed by atoms with Crippen LogP contribution in [-0.2, 0) is 13.6 Å². The molecule has 0 spiro atoms. The molecular weight excluding hydrogens is 308 g/mol. The molecule has 0 aromatic carbocycles. The minimum atomic E-state index is -1.75. The number of allylic oxidation sites excluding steroid dienone is 2. The van der Waals surface area contributed by atoms with Crippen molar-refractivity contribution in [2.45, 2.75) is 79.5 Å². The van der Waals surface area contributed by atoms with Crippen molar-refractivity contribution in [3.63, 3.8) is 0 Å². The molecule has 0 saturated heterocycles. The van der Waals surface area contributed by atoms with Crippen LogP contribution in [0.3, 0.4) is 0 Å². The average Bonchev–Trinajstić information content (AvgIpc) is 2.05. The Morgan fingerprint density at radius 1 is 0.864 bits per heavy atom. The summed E-state index contributed by atoms with van der Waals surface area (Å²) in [6.07, 6.45) is 4.04. The van der Waals surface area contributed by atoms with Gasteiger partial charge >= 0.3 is 0 Å². The summed E-state index contributed by atoms with van der Waals surface area (Å²) in [7, 11) is -3.43. The molecule has 0 atom stereocenters. The van der Waals surface area contributed by atoms with E-state index in [-0.39, 0.29) is 5.60 Å². The fourth-order valence-electron chi connectivity index (χ4n) is 1.59. The summed E-state index contributed by atoms with van der Waals surface area (Å²) in [6, 6.07) is 0. The van der Waals surface area contributed by atoms with Gasteiger partial charge in [0.05, 0.1) is 6.08 Å². The van der Waals surface area contributed by atoms with Crippen LogP contribution >= 0.6 is 0 Å². The van der Waals surface area contributed by atoms with E-state index in [4.69, 9.17) is 13.6 Å². The fraction of sp³-hybridized carbons (Fsp3) is 0.765. The average molecular weight is 345 g/mol. The molecule has 0 fully saturated rings. The van der Waals surface area contributed by atoms with Crippen LogP contribution < -0.4 is 0 Å². The molecule has 130 valence electrons. The zero-order chi connectivity index (χ0) is 17.8. The van der Waals surface area contributed by atoms with E-state index in [1.807, 2.05) is 26.8 Å². The molecule has 0 aliphatic heterocycles. The Kier molecular flexibility index (Phi) is 7.49. The molecule has 22 heavy (non-hydrogen) atoms. The second-order valence-electron chi connectivity index (χ2n) is 8.92. The highest BCUT2D eigenvalue weighted by molar-refractivity contribution is 6.70. The van der Waals surface area contributed by atoms with Gasteiger partial charge in [-0.1, -0.05) is 13.8 Å². The molecule has 0 amide bonds. The highest BCUT2D eigenvalue weighted by Gasteiger charge is 2.24. The molecule has 0 aliphatic carbocycles. The minimum absolute atomic E-state index is 0.298. The monoisotopic (exact) mass is 344 g/mol. The number of rotatable bonds is 7. The quantitative estimate of drug-likeness (QED) is 0.327. The lowest BCUT2D eigenvalue weighted by atomic mass is 10.2. The Hall–Kier alpha value is -0.686. The first-order valence-corrected chi connectivity index (χ1v) is 14.9. The summed E-state index contributed by atoms with van der Waals surface area (Å²) in [5, 5.41) is 0. The van der Waals surface area contributed by atoms with E-state index in [1.165, 1.54) is 0 Å². The molecule has 0 rings (SSSR count). The predicted molar refractivity (Wildman–Crippen MR) is 101 cm³/mol. The van der Waals surface area contributed by atoms with Crippen LogP contribution in [0.1, 0.15) is 34.6 Å². The van der Waals surface area contributed by atoms with Gasteiger partial charge in [0.25, 0.3) is 5.95 Å². The Balaban J connectivity index is 5.55. The highest BCUT2D eigenvalue weighted by atomic mass is 28.4. The second-order valence-corrected chi connectivity index (χ2v) is 17.8. The lowest BCUT2D eigenvalue weighted by Gasteiger charge is -2.29. The summed E-state index contributed by atoms with van der Waals surface area (Å²) in [5.41, 5.74) is -0.298. The summed E-state index contributed by atoms with van der Waals surface area (Å²) >= 11 is 0. The van der Waals surface area contributed by atoms with Crippen LogP contribution in [0.2, 0.25) is 39.3 Å². The molecule has 0 unspecified atom stereocenters. The standard InChI is InChI=1S/C17H36O3Si2/c1-14(2)12-15(19-21(6,7)8)13-16(18-17(3,4)5)20-22(9,10)11/h12-14H,1-11H3/b15-12+,16-13-. The normalized spacial score (nSPS) is 15.1. The fourth-order valence-corrected chi connectivity index (χ4v) is 3.13. The molecule has 0 aromatic heterocycles. The smallest absolute Gasteiger partial charge is 0.269 e. The van der Waals surface area contributed by atoms with E-state index in [0.29, 0.717) is 11.9 Å². The van der Waals surface area contributed by atoms with E-state index >= 15 is 0 Å². The lowest BCUT2D eigenvalue weighted by Crippen LogP contribution is -2.30. The Labute approximate surface area is 140 Å². The Bertz CT molecular complexity index is 387. The van der Waals surface area contributed by atoms with Crippen molar-refractivity contribution in [1.82, 2.24) is 0 Å². The topological polar surface area (TPSA) is 27.7 Å². The third-order valence-electron chi connectivity index (χ3n) is 2.00. The summed E-state index contributed by atoms with van der Waals surface area (Å²) in [5.74, 6) is 1.83. The SMILES string of the molecule is CC(C)/C=C(\C=C(\OC(C)(C)C)O[Si](C)(C)C)O[Si](C)(C)C. The molecule has 5 heteroatoms.